The van der Waals surface area contributed by atoms with Gasteiger partial charge in [0.1, 0.15) is 12.3 Å². The number of likely N-dealkylation sites (tertiary alicyclic amines) is 1. The molecule has 4 atom stereocenters. The van der Waals surface area contributed by atoms with E-state index in [9.17, 15) is 19.8 Å². The quantitative estimate of drug-likeness (QED) is 0.442. The summed E-state index contributed by atoms with van der Waals surface area (Å²) in [6.45, 7) is 4.78. The van der Waals surface area contributed by atoms with Crippen LogP contribution in [-0.2, 0) is 22.7 Å². The Morgan fingerprint density at radius 3 is 2.59 bits per heavy atom. The third-order valence-electron chi connectivity index (χ3n) is 7.37. The molecule has 3 heterocycles. The second kappa shape index (κ2) is 10.7. The Morgan fingerprint density at radius 1 is 1.16 bits per heavy atom. The minimum atomic E-state index is -0.873. The van der Waals surface area contributed by atoms with Crippen molar-refractivity contribution in [3.05, 3.63) is 76.4 Å². The standard InChI is InChI=1S/C28H32N4O4S/c1-3-23(31-14-20-6-4-5-7-22(20)27(31)35)28(36)32-15-21(33)12-24(32)26(34)29-13-18-8-10-19(11-9-18)25-17(2)30-16-37-25/h4-11,16,21,23-24,27,33,35H,3,12-15H2,1-2H3,(H,29,34)/t21-,23+,24+,27?/m1/s1. The predicted octanol–water partition coefficient (Wildman–Crippen LogP) is 2.98. The van der Waals surface area contributed by atoms with Gasteiger partial charge in [-0.05, 0) is 35.6 Å². The molecule has 9 heteroatoms. The van der Waals surface area contributed by atoms with Crippen molar-refractivity contribution < 1.29 is 19.8 Å². The number of benzene rings is 2. The molecule has 3 N–H and O–H groups in total. The minimum Gasteiger partial charge on any atom is -0.391 e. The minimum absolute atomic E-state index is 0.104. The molecule has 0 bridgehead atoms. The first kappa shape index (κ1) is 25.5. The number of rotatable bonds is 7. The number of aromatic nitrogens is 1. The lowest BCUT2D eigenvalue weighted by Gasteiger charge is -2.34. The highest BCUT2D eigenvalue weighted by atomic mass is 32.1. The summed E-state index contributed by atoms with van der Waals surface area (Å²) < 4.78 is 0. The fourth-order valence-electron chi connectivity index (χ4n) is 5.38. The summed E-state index contributed by atoms with van der Waals surface area (Å²) in [7, 11) is 0. The molecule has 8 nitrogen and oxygen atoms in total. The summed E-state index contributed by atoms with van der Waals surface area (Å²) >= 11 is 1.60. The van der Waals surface area contributed by atoms with E-state index >= 15 is 0 Å². The molecule has 1 fully saturated rings. The topological polar surface area (TPSA) is 106 Å². The number of amides is 2. The van der Waals surface area contributed by atoms with Gasteiger partial charge in [0.25, 0.3) is 0 Å². The highest BCUT2D eigenvalue weighted by molar-refractivity contribution is 7.13. The molecule has 0 saturated carbocycles. The van der Waals surface area contributed by atoms with E-state index in [4.69, 9.17) is 0 Å². The van der Waals surface area contributed by atoms with Crippen LogP contribution in [0.2, 0.25) is 0 Å². The summed E-state index contributed by atoms with van der Waals surface area (Å²) in [6, 6.07) is 14.3. The number of carbonyl (C=O) groups is 2. The van der Waals surface area contributed by atoms with Crippen molar-refractivity contribution in [2.75, 3.05) is 6.54 Å². The van der Waals surface area contributed by atoms with Crippen molar-refractivity contribution in [2.45, 2.75) is 64.2 Å². The molecule has 0 spiro atoms. The average molecular weight is 521 g/mol. The van der Waals surface area contributed by atoms with E-state index in [1.807, 2.05) is 67.9 Å². The number of aliphatic hydroxyl groups excluding tert-OH is 2. The molecule has 0 aliphatic carbocycles. The van der Waals surface area contributed by atoms with Crippen molar-refractivity contribution in [3.8, 4) is 10.4 Å². The second-order valence-corrected chi connectivity index (χ2v) is 10.6. The number of β-amino-alcohol motifs (C(OH)–C–C–N with tert-alkyl or cyclic N) is 1. The van der Waals surface area contributed by atoms with Crippen LogP contribution in [0.15, 0.2) is 54.0 Å². The summed E-state index contributed by atoms with van der Waals surface area (Å²) in [5.41, 5.74) is 6.65. The Balaban J connectivity index is 1.24. The van der Waals surface area contributed by atoms with Crippen molar-refractivity contribution in [1.82, 2.24) is 20.1 Å². The molecular weight excluding hydrogens is 488 g/mol. The van der Waals surface area contributed by atoms with Gasteiger partial charge in [-0.25, -0.2) is 4.98 Å². The summed E-state index contributed by atoms with van der Waals surface area (Å²) in [6.07, 6.45) is -0.960. The van der Waals surface area contributed by atoms with E-state index in [1.54, 1.807) is 16.2 Å². The van der Waals surface area contributed by atoms with Gasteiger partial charge in [-0.3, -0.25) is 14.5 Å². The van der Waals surface area contributed by atoms with Gasteiger partial charge in [0.2, 0.25) is 11.8 Å². The fourth-order valence-corrected chi connectivity index (χ4v) is 6.19. The van der Waals surface area contributed by atoms with Crippen LogP contribution < -0.4 is 5.32 Å². The first-order chi connectivity index (χ1) is 17.9. The van der Waals surface area contributed by atoms with Crippen LogP contribution in [0.1, 0.15) is 48.4 Å². The van der Waals surface area contributed by atoms with Crippen LogP contribution in [0.25, 0.3) is 10.4 Å². The van der Waals surface area contributed by atoms with Crippen LogP contribution in [0, 0.1) is 6.92 Å². The molecule has 1 aromatic heterocycles. The van der Waals surface area contributed by atoms with Crippen LogP contribution in [-0.4, -0.2) is 61.5 Å². The van der Waals surface area contributed by atoms with Crippen LogP contribution in [0.5, 0.6) is 0 Å². The number of hydrogen-bond acceptors (Lipinski definition) is 7. The number of thiazole rings is 1. The molecule has 5 rings (SSSR count). The molecule has 0 radical (unpaired) electrons. The largest absolute Gasteiger partial charge is 0.391 e. The van der Waals surface area contributed by atoms with Gasteiger partial charge in [-0.2, -0.15) is 0 Å². The maximum absolute atomic E-state index is 13.7. The van der Waals surface area contributed by atoms with E-state index in [1.165, 1.54) is 4.90 Å². The monoisotopic (exact) mass is 520 g/mol. The summed E-state index contributed by atoms with van der Waals surface area (Å²) in [5.74, 6) is -0.525. The predicted molar refractivity (Wildman–Crippen MR) is 141 cm³/mol. The zero-order valence-electron chi connectivity index (χ0n) is 21.0. The molecular formula is C28H32N4O4S. The Labute approximate surface area is 220 Å². The highest BCUT2D eigenvalue weighted by Gasteiger charge is 2.44. The zero-order chi connectivity index (χ0) is 26.1. The molecule has 37 heavy (non-hydrogen) atoms. The van der Waals surface area contributed by atoms with Crippen LogP contribution in [0.3, 0.4) is 0 Å². The van der Waals surface area contributed by atoms with E-state index in [0.29, 0.717) is 19.5 Å². The maximum Gasteiger partial charge on any atom is 0.243 e. The second-order valence-electron chi connectivity index (χ2n) is 9.75. The third-order valence-corrected chi connectivity index (χ3v) is 8.34. The fraction of sp³-hybridized carbons (Fsp3) is 0.393. The maximum atomic E-state index is 13.7. The molecule has 2 aliphatic heterocycles. The van der Waals surface area contributed by atoms with E-state index in [0.717, 1.165) is 32.8 Å². The third kappa shape index (κ3) is 5.04. The number of aryl methyl sites for hydroxylation is 1. The Morgan fingerprint density at radius 2 is 1.92 bits per heavy atom. The lowest BCUT2D eigenvalue weighted by molar-refractivity contribution is -0.147. The van der Waals surface area contributed by atoms with Crippen molar-refractivity contribution in [3.63, 3.8) is 0 Å². The van der Waals surface area contributed by atoms with Gasteiger partial charge in [0, 0.05) is 26.1 Å². The van der Waals surface area contributed by atoms with Crippen molar-refractivity contribution >= 4 is 23.2 Å². The van der Waals surface area contributed by atoms with E-state index in [2.05, 4.69) is 10.3 Å². The lowest BCUT2D eigenvalue weighted by atomic mass is 10.1. The molecule has 1 unspecified atom stereocenters. The molecule has 1 saturated heterocycles. The van der Waals surface area contributed by atoms with Gasteiger partial charge < -0.3 is 20.4 Å². The molecule has 3 aromatic rings. The first-order valence-corrected chi connectivity index (χ1v) is 13.5. The van der Waals surface area contributed by atoms with Gasteiger partial charge in [-0.15, -0.1) is 11.3 Å². The highest BCUT2D eigenvalue weighted by Crippen LogP contribution is 2.35. The lowest BCUT2D eigenvalue weighted by Crippen LogP contribution is -2.53. The first-order valence-electron chi connectivity index (χ1n) is 12.6. The van der Waals surface area contributed by atoms with Gasteiger partial charge in [0.15, 0.2) is 0 Å². The smallest absolute Gasteiger partial charge is 0.243 e. The van der Waals surface area contributed by atoms with Crippen LogP contribution >= 0.6 is 11.3 Å². The number of nitrogens with zero attached hydrogens (tertiary/aromatic N) is 3. The van der Waals surface area contributed by atoms with Crippen molar-refractivity contribution in [2.24, 2.45) is 0 Å². The van der Waals surface area contributed by atoms with Gasteiger partial charge in [0.05, 0.1) is 28.2 Å². The number of aliphatic hydroxyl groups is 2. The summed E-state index contributed by atoms with van der Waals surface area (Å²) in [5, 5.41) is 24.2. The SMILES string of the molecule is CC[C@@H](C(=O)N1C[C@H](O)C[C@H]1C(=O)NCc1ccc(-c2scnc2C)cc1)N1Cc2ccccc2C1O. The Kier molecular flexibility index (Phi) is 7.39. The Bertz CT molecular complexity index is 1280. The molecule has 194 valence electrons. The molecule has 2 amide bonds. The molecule has 2 aromatic carbocycles. The van der Waals surface area contributed by atoms with E-state index in [-0.39, 0.29) is 24.8 Å². The van der Waals surface area contributed by atoms with Crippen LogP contribution in [0.4, 0.5) is 0 Å². The average Bonchev–Trinajstić information content (AvgIpc) is 3.60. The number of nitrogens with one attached hydrogen (secondary N) is 1. The van der Waals surface area contributed by atoms with Gasteiger partial charge >= 0.3 is 0 Å². The number of hydrogen-bond donors (Lipinski definition) is 3. The summed E-state index contributed by atoms with van der Waals surface area (Å²) in [4.78, 5) is 35.5. The van der Waals surface area contributed by atoms with Crippen molar-refractivity contribution in [1.29, 1.82) is 0 Å². The zero-order valence-corrected chi connectivity index (χ0v) is 21.8. The normalized spacial score (nSPS) is 22.2. The van der Waals surface area contributed by atoms with Gasteiger partial charge in [-0.1, -0.05) is 55.5 Å². The van der Waals surface area contributed by atoms with E-state index < -0.39 is 24.4 Å². The number of carbonyl (C=O) groups excluding carboxylic acids is 2. The molecule has 2 aliphatic rings. The Hall–Kier alpha value is -3.11. The number of fused-ring (bicyclic) bond motifs is 1.